The van der Waals surface area contributed by atoms with Crippen LogP contribution in [0.15, 0.2) is 103 Å². The number of hydrogen-bond acceptors (Lipinski definition) is 4. The van der Waals surface area contributed by atoms with Crippen molar-refractivity contribution in [2.45, 2.75) is 52.3 Å². The Morgan fingerprint density at radius 1 is 0.902 bits per heavy atom. The van der Waals surface area contributed by atoms with E-state index in [0.29, 0.717) is 17.7 Å². The van der Waals surface area contributed by atoms with Crippen LogP contribution in [0.2, 0.25) is 0 Å². The van der Waals surface area contributed by atoms with Gasteiger partial charge >= 0.3 is 5.97 Å². The SMILES string of the molecule is CCC(NC(=O)c1ccc2c(c1)ncn2Cc1ccc(-c2ccccc2C(=O)OC(C)(C)C)cc1)c1ccccc1. The highest BCUT2D eigenvalue weighted by Gasteiger charge is 2.21. The van der Waals surface area contributed by atoms with Crippen molar-refractivity contribution in [3.8, 4) is 11.1 Å². The summed E-state index contributed by atoms with van der Waals surface area (Å²) in [5, 5.41) is 3.15. The molecule has 1 amide bonds. The van der Waals surface area contributed by atoms with Gasteiger partial charge in [-0.25, -0.2) is 9.78 Å². The van der Waals surface area contributed by atoms with Crippen molar-refractivity contribution in [3.63, 3.8) is 0 Å². The van der Waals surface area contributed by atoms with Gasteiger partial charge in [0, 0.05) is 12.1 Å². The Morgan fingerprint density at radius 3 is 2.32 bits per heavy atom. The summed E-state index contributed by atoms with van der Waals surface area (Å²) in [6.45, 7) is 8.29. The van der Waals surface area contributed by atoms with E-state index in [0.717, 1.165) is 39.7 Å². The molecule has 0 bridgehead atoms. The van der Waals surface area contributed by atoms with Crippen LogP contribution in [-0.2, 0) is 11.3 Å². The molecule has 6 heteroatoms. The average molecular weight is 546 g/mol. The predicted molar refractivity (Wildman–Crippen MR) is 163 cm³/mol. The van der Waals surface area contributed by atoms with Crippen LogP contribution in [0.4, 0.5) is 0 Å². The van der Waals surface area contributed by atoms with Crippen molar-refractivity contribution >= 4 is 22.9 Å². The Labute approximate surface area is 241 Å². The van der Waals surface area contributed by atoms with Gasteiger partial charge in [0.25, 0.3) is 5.91 Å². The summed E-state index contributed by atoms with van der Waals surface area (Å²) in [7, 11) is 0. The van der Waals surface area contributed by atoms with E-state index in [1.165, 1.54) is 0 Å². The molecule has 1 N–H and O–H groups in total. The molecule has 1 aromatic heterocycles. The van der Waals surface area contributed by atoms with Crippen LogP contribution in [0, 0.1) is 0 Å². The van der Waals surface area contributed by atoms with Crippen LogP contribution in [0.25, 0.3) is 22.2 Å². The highest BCUT2D eigenvalue weighted by atomic mass is 16.6. The molecule has 6 nitrogen and oxygen atoms in total. The van der Waals surface area contributed by atoms with Crippen LogP contribution in [-0.4, -0.2) is 27.0 Å². The average Bonchev–Trinajstić information content (AvgIpc) is 3.37. The molecule has 1 atom stereocenters. The lowest BCUT2D eigenvalue weighted by atomic mass is 9.98. The predicted octanol–water partition coefficient (Wildman–Crippen LogP) is 7.59. The summed E-state index contributed by atoms with van der Waals surface area (Å²) < 4.78 is 7.68. The van der Waals surface area contributed by atoms with Gasteiger partial charge in [0.2, 0.25) is 0 Å². The molecule has 5 aromatic rings. The lowest BCUT2D eigenvalue weighted by Crippen LogP contribution is -2.28. The number of imidazole rings is 1. The van der Waals surface area contributed by atoms with Gasteiger partial charge < -0.3 is 14.6 Å². The minimum atomic E-state index is -0.563. The zero-order chi connectivity index (χ0) is 29.0. The minimum Gasteiger partial charge on any atom is -0.456 e. The van der Waals surface area contributed by atoms with Crippen LogP contribution in [0.1, 0.15) is 72.0 Å². The second-order valence-electron chi connectivity index (χ2n) is 11.2. The van der Waals surface area contributed by atoms with Gasteiger partial charge in [-0.2, -0.15) is 0 Å². The summed E-state index contributed by atoms with van der Waals surface area (Å²) in [5.74, 6) is -0.445. The number of carbonyl (C=O) groups is 2. The third-order valence-electron chi connectivity index (χ3n) is 6.96. The number of nitrogens with zero attached hydrogens (tertiary/aromatic N) is 2. The van der Waals surface area contributed by atoms with Gasteiger partial charge in [-0.3, -0.25) is 4.79 Å². The molecule has 0 radical (unpaired) electrons. The Balaban J connectivity index is 1.31. The van der Waals surface area contributed by atoms with Crippen molar-refractivity contribution in [3.05, 3.63) is 126 Å². The first-order valence-corrected chi connectivity index (χ1v) is 13.9. The highest BCUT2D eigenvalue weighted by Crippen LogP contribution is 2.27. The lowest BCUT2D eigenvalue weighted by Gasteiger charge is -2.20. The first-order valence-electron chi connectivity index (χ1n) is 13.9. The summed E-state index contributed by atoms with van der Waals surface area (Å²) in [6, 6.07) is 31.3. The molecule has 0 spiro atoms. The Hall–Kier alpha value is -4.71. The van der Waals surface area contributed by atoms with E-state index in [9.17, 15) is 9.59 Å². The zero-order valence-electron chi connectivity index (χ0n) is 23.9. The second kappa shape index (κ2) is 11.8. The largest absolute Gasteiger partial charge is 0.456 e. The number of nitrogens with one attached hydrogen (secondary N) is 1. The van der Waals surface area contributed by atoms with Crippen LogP contribution in [0.5, 0.6) is 0 Å². The third kappa shape index (κ3) is 6.55. The summed E-state index contributed by atoms with van der Waals surface area (Å²) >= 11 is 0. The first-order chi connectivity index (χ1) is 19.7. The van der Waals surface area contributed by atoms with E-state index in [1.807, 2.05) is 99.6 Å². The van der Waals surface area contributed by atoms with Crippen molar-refractivity contribution in [1.82, 2.24) is 14.9 Å². The molecule has 0 saturated heterocycles. The Morgan fingerprint density at radius 2 is 1.61 bits per heavy atom. The fourth-order valence-corrected chi connectivity index (χ4v) is 4.91. The Bertz CT molecular complexity index is 1670. The molecule has 1 unspecified atom stereocenters. The molecule has 0 aliphatic rings. The smallest absolute Gasteiger partial charge is 0.339 e. The number of fused-ring (bicyclic) bond motifs is 1. The van der Waals surface area contributed by atoms with Gasteiger partial charge in [0.05, 0.1) is 29.0 Å². The van der Waals surface area contributed by atoms with Gasteiger partial charge in [0.15, 0.2) is 0 Å². The first kappa shape index (κ1) is 27.8. The second-order valence-corrected chi connectivity index (χ2v) is 11.2. The number of ether oxygens (including phenoxy) is 1. The van der Waals surface area contributed by atoms with Crippen LogP contribution >= 0.6 is 0 Å². The number of esters is 1. The van der Waals surface area contributed by atoms with Crippen molar-refractivity contribution < 1.29 is 14.3 Å². The van der Waals surface area contributed by atoms with E-state index in [2.05, 4.69) is 33.9 Å². The minimum absolute atomic E-state index is 0.0453. The summed E-state index contributed by atoms with van der Waals surface area (Å²) in [6.07, 6.45) is 2.61. The highest BCUT2D eigenvalue weighted by molar-refractivity contribution is 5.98. The molecule has 0 aliphatic carbocycles. The molecule has 208 valence electrons. The molecular weight excluding hydrogens is 510 g/mol. The fraction of sp³-hybridized carbons (Fsp3) is 0.229. The number of benzene rings is 4. The monoisotopic (exact) mass is 545 g/mol. The van der Waals surface area contributed by atoms with Gasteiger partial charge in [-0.1, -0.05) is 79.7 Å². The van der Waals surface area contributed by atoms with Crippen molar-refractivity contribution in [1.29, 1.82) is 0 Å². The summed E-state index contributed by atoms with van der Waals surface area (Å²) in [5.41, 5.74) is 6.27. The molecule has 0 fully saturated rings. The van der Waals surface area contributed by atoms with Gasteiger partial charge in [0.1, 0.15) is 5.60 Å². The molecular formula is C35H35N3O3. The van der Waals surface area contributed by atoms with Crippen LogP contribution < -0.4 is 5.32 Å². The van der Waals surface area contributed by atoms with E-state index < -0.39 is 5.60 Å². The number of rotatable bonds is 8. The topological polar surface area (TPSA) is 73.2 Å². The number of carbonyl (C=O) groups excluding carboxylic acids is 2. The molecule has 0 aliphatic heterocycles. The molecule has 41 heavy (non-hydrogen) atoms. The zero-order valence-corrected chi connectivity index (χ0v) is 23.9. The lowest BCUT2D eigenvalue weighted by molar-refractivity contribution is 0.00703. The van der Waals surface area contributed by atoms with E-state index >= 15 is 0 Å². The third-order valence-corrected chi connectivity index (χ3v) is 6.96. The van der Waals surface area contributed by atoms with Gasteiger partial charge in [-0.05, 0) is 73.7 Å². The molecule has 4 aromatic carbocycles. The quantitative estimate of drug-likeness (QED) is 0.204. The maximum absolute atomic E-state index is 13.0. The fourth-order valence-electron chi connectivity index (χ4n) is 4.91. The number of hydrogen-bond donors (Lipinski definition) is 1. The number of amides is 1. The molecule has 1 heterocycles. The summed E-state index contributed by atoms with van der Waals surface area (Å²) in [4.78, 5) is 30.4. The normalized spacial score (nSPS) is 12.2. The maximum atomic E-state index is 13.0. The molecule has 5 rings (SSSR count). The van der Waals surface area contributed by atoms with E-state index in [-0.39, 0.29) is 17.9 Å². The number of aromatic nitrogens is 2. The van der Waals surface area contributed by atoms with E-state index in [1.54, 1.807) is 12.4 Å². The maximum Gasteiger partial charge on any atom is 0.339 e. The Kier molecular flexibility index (Phi) is 8.02. The van der Waals surface area contributed by atoms with Crippen molar-refractivity contribution in [2.24, 2.45) is 0 Å². The standard InChI is InChI=1S/C35H35N3O3/c1-5-30(26-11-7-6-8-12-26)37-33(39)27-19-20-32-31(21-27)36-23-38(32)22-24-15-17-25(18-16-24)28-13-9-10-14-29(28)34(40)41-35(2,3)4/h6-21,23,30H,5,22H2,1-4H3,(H,37,39). The van der Waals surface area contributed by atoms with Gasteiger partial charge in [-0.15, -0.1) is 0 Å². The van der Waals surface area contributed by atoms with Crippen LogP contribution in [0.3, 0.4) is 0 Å². The molecule has 0 saturated carbocycles. The van der Waals surface area contributed by atoms with Crippen molar-refractivity contribution in [2.75, 3.05) is 0 Å². The van der Waals surface area contributed by atoms with E-state index in [4.69, 9.17) is 4.74 Å².